The van der Waals surface area contributed by atoms with Crippen molar-refractivity contribution in [2.24, 2.45) is 0 Å². The summed E-state index contributed by atoms with van der Waals surface area (Å²) >= 11 is 0. The van der Waals surface area contributed by atoms with Crippen molar-refractivity contribution >= 4 is 16.8 Å². The molecule has 0 aliphatic carbocycles. The Morgan fingerprint density at radius 2 is 2.12 bits per heavy atom. The van der Waals surface area contributed by atoms with Crippen molar-refractivity contribution in [3.05, 3.63) is 24.1 Å². The van der Waals surface area contributed by atoms with Crippen LogP contribution in [0.5, 0.6) is 0 Å². The monoisotopic (exact) mass is 220 g/mol. The van der Waals surface area contributed by atoms with Gasteiger partial charge in [0.05, 0.1) is 5.60 Å². The standard InChI is InChI=1S/C12H16N2O2/c1-12(2,3)15-7-11-14-9-5-4-8(13)6-10(9)16-11/h4-6H,7,13H2,1-3H3. The average molecular weight is 220 g/mol. The van der Waals surface area contributed by atoms with Gasteiger partial charge in [0, 0.05) is 11.8 Å². The van der Waals surface area contributed by atoms with E-state index in [1.807, 2.05) is 26.8 Å². The summed E-state index contributed by atoms with van der Waals surface area (Å²) < 4.78 is 11.1. The molecule has 0 unspecified atom stereocenters. The number of anilines is 1. The molecule has 0 saturated carbocycles. The topological polar surface area (TPSA) is 61.3 Å². The van der Waals surface area contributed by atoms with E-state index >= 15 is 0 Å². The second-order valence-electron chi connectivity index (χ2n) is 4.74. The lowest BCUT2D eigenvalue weighted by molar-refractivity contribution is -0.0238. The van der Waals surface area contributed by atoms with Crippen molar-refractivity contribution in [1.82, 2.24) is 4.98 Å². The summed E-state index contributed by atoms with van der Waals surface area (Å²) in [4.78, 5) is 4.31. The maximum absolute atomic E-state index is 5.66. The summed E-state index contributed by atoms with van der Waals surface area (Å²) in [5.41, 5.74) is 7.64. The first-order valence-corrected chi connectivity index (χ1v) is 5.23. The van der Waals surface area contributed by atoms with E-state index < -0.39 is 0 Å². The molecule has 1 aromatic carbocycles. The molecule has 4 nitrogen and oxygen atoms in total. The van der Waals surface area contributed by atoms with Gasteiger partial charge in [0.2, 0.25) is 5.89 Å². The van der Waals surface area contributed by atoms with Crippen LogP contribution in [0.15, 0.2) is 22.6 Å². The first-order valence-electron chi connectivity index (χ1n) is 5.23. The normalized spacial score (nSPS) is 12.2. The number of ether oxygens (including phenoxy) is 1. The van der Waals surface area contributed by atoms with Gasteiger partial charge in [-0.25, -0.2) is 4.98 Å². The molecule has 4 heteroatoms. The molecule has 0 bridgehead atoms. The maximum Gasteiger partial charge on any atom is 0.221 e. The number of benzene rings is 1. The third-order valence-electron chi connectivity index (χ3n) is 2.09. The number of nitrogens with zero attached hydrogens (tertiary/aromatic N) is 1. The van der Waals surface area contributed by atoms with Crippen molar-refractivity contribution in [2.45, 2.75) is 33.0 Å². The molecule has 86 valence electrons. The Morgan fingerprint density at radius 1 is 1.38 bits per heavy atom. The molecule has 2 N–H and O–H groups in total. The van der Waals surface area contributed by atoms with Crippen molar-refractivity contribution in [3.63, 3.8) is 0 Å². The van der Waals surface area contributed by atoms with E-state index in [2.05, 4.69) is 4.98 Å². The zero-order valence-electron chi connectivity index (χ0n) is 9.78. The number of fused-ring (bicyclic) bond motifs is 1. The minimum absolute atomic E-state index is 0.195. The molecular formula is C12H16N2O2. The van der Waals surface area contributed by atoms with E-state index in [9.17, 15) is 0 Å². The number of nitrogen functional groups attached to an aromatic ring is 1. The van der Waals surface area contributed by atoms with Crippen LogP contribution in [-0.4, -0.2) is 10.6 Å². The third kappa shape index (κ3) is 2.52. The number of aromatic nitrogens is 1. The largest absolute Gasteiger partial charge is 0.438 e. The van der Waals surface area contributed by atoms with Crippen molar-refractivity contribution in [3.8, 4) is 0 Å². The number of nitrogens with two attached hydrogens (primary N) is 1. The minimum Gasteiger partial charge on any atom is -0.438 e. The van der Waals surface area contributed by atoms with E-state index in [4.69, 9.17) is 14.9 Å². The molecule has 0 spiro atoms. The third-order valence-corrected chi connectivity index (χ3v) is 2.09. The number of oxazole rings is 1. The lowest BCUT2D eigenvalue weighted by Crippen LogP contribution is -2.18. The Labute approximate surface area is 94.4 Å². The highest BCUT2D eigenvalue weighted by atomic mass is 16.5. The highest BCUT2D eigenvalue weighted by molar-refractivity contribution is 5.76. The van der Waals surface area contributed by atoms with Crippen LogP contribution in [0, 0.1) is 0 Å². The van der Waals surface area contributed by atoms with Crippen LogP contribution < -0.4 is 5.73 Å². The second-order valence-corrected chi connectivity index (χ2v) is 4.74. The van der Waals surface area contributed by atoms with E-state index in [0.29, 0.717) is 23.8 Å². The van der Waals surface area contributed by atoms with Gasteiger partial charge in [-0.2, -0.15) is 0 Å². The molecule has 0 amide bonds. The van der Waals surface area contributed by atoms with Gasteiger partial charge < -0.3 is 14.9 Å². The van der Waals surface area contributed by atoms with Crippen LogP contribution in [0.25, 0.3) is 11.1 Å². The van der Waals surface area contributed by atoms with Crippen molar-refractivity contribution in [1.29, 1.82) is 0 Å². The van der Waals surface area contributed by atoms with Gasteiger partial charge in [0.15, 0.2) is 5.58 Å². The Morgan fingerprint density at radius 3 is 2.81 bits per heavy atom. The molecule has 2 aromatic rings. The lowest BCUT2D eigenvalue weighted by atomic mass is 10.2. The molecule has 0 aliphatic rings. The second kappa shape index (κ2) is 3.79. The van der Waals surface area contributed by atoms with E-state index in [1.54, 1.807) is 12.1 Å². The predicted molar refractivity (Wildman–Crippen MR) is 63.0 cm³/mol. The van der Waals surface area contributed by atoms with Crippen LogP contribution in [0.3, 0.4) is 0 Å². The molecule has 0 fully saturated rings. The fraction of sp³-hybridized carbons (Fsp3) is 0.417. The molecule has 0 atom stereocenters. The Balaban J connectivity index is 2.20. The van der Waals surface area contributed by atoms with Gasteiger partial charge in [-0.15, -0.1) is 0 Å². The van der Waals surface area contributed by atoms with Gasteiger partial charge in [-0.3, -0.25) is 0 Å². The van der Waals surface area contributed by atoms with Crippen LogP contribution in [0.1, 0.15) is 26.7 Å². The fourth-order valence-corrected chi connectivity index (χ4v) is 1.33. The quantitative estimate of drug-likeness (QED) is 0.790. The molecule has 0 saturated heterocycles. The van der Waals surface area contributed by atoms with E-state index in [0.717, 1.165) is 5.52 Å². The van der Waals surface area contributed by atoms with Crippen LogP contribution in [0.2, 0.25) is 0 Å². The Hall–Kier alpha value is -1.55. The van der Waals surface area contributed by atoms with Crippen molar-refractivity contribution in [2.75, 3.05) is 5.73 Å². The first-order chi connectivity index (χ1) is 7.44. The number of hydrogen-bond donors (Lipinski definition) is 1. The predicted octanol–water partition coefficient (Wildman–Crippen LogP) is 2.73. The van der Waals surface area contributed by atoms with Gasteiger partial charge in [0.25, 0.3) is 0 Å². The molecule has 0 radical (unpaired) electrons. The van der Waals surface area contributed by atoms with Gasteiger partial charge >= 0.3 is 0 Å². The summed E-state index contributed by atoms with van der Waals surface area (Å²) in [6.07, 6.45) is 0. The van der Waals surface area contributed by atoms with Gasteiger partial charge in [0.1, 0.15) is 12.1 Å². The first kappa shape index (κ1) is 11.0. The number of rotatable bonds is 2. The molecule has 1 aromatic heterocycles. The van der Waals surface area contributed by atoms with E-state index in [1.165, 1.54) is 0 Å². The van der Waals surface area contributed by atoms with Crippen LogP contribution >= 0.6 is 0 Å². The smallest absolute Gasteiger partial charge is 0.221 e. The summed E-state index contributed by atoms with van der Waals surface area (Å²) in [6.45, 7) is 6.35. The summed E-state index contributed by atoms with van der Waals surface area (Å²) in [5.74, 6) is 0.579. The minimum atomic E-state index is -0.195. The highest BCUT2D eigenvalue weighted by Crippen LogP contribution is 2.20. The molecule has 16 heavy (non-hydrogen) atoms. The van der Waals surface area contributed by atoms with Crippen LogP contribution in [-0.2, 0) is 11.3 Å². The fourth-order valence-electron chi connectivity index (χ4n) is 1.33. The van der Waals surface area contributed by atoms with Crippen molar-refractivity contribution < 1.29 is 9.15 Å². The SMILES string of the molecule is CC(C)(C)OCc1nc2ccc(N)cc2o1. The summed E-state index contributed by atoms with van der Waals surface area (Å²) in [5, 5.41) is 0. The lowest BCUT2D eigenvalue weighted by Gasteiger charge is -2.17. The summed E-state index contributed by atoms with van der Waals surface area (Å²) in [7, 11) is 0. The molecule has 1 heterocycles. The molecular weight excluding hydrogens is 204 g/mol. The number of hydrogen-bond acceptors (Lipinski definition) is 4. The Bertz CT molecular complexity index is 497. The maximum atomic E-state index is 5.66. The van der Waals surface area contributed by atoms with Gasteiger partial charge in [-0.05, 0) is 32.9 Å². The molecule has 0 aliphatic heterocycles. The zero-order valence-corrected chi connectivity index (χ0v) is 9.78. The zero-order chi connectivity index (χ0) is 11.8. The average Bonchev–Trinajstić information content (AvgIpc) is 2.55. The highest BCUT2D eigenvalue weighted by Gasteiger charge is 2.13. The summed E-state index contributed by atoms with van der Waals surface area (Å²) in [6, 6.07) is 5.41. The van der Waals surface area contributed by atoms with Gasteiger partial charge in [-0.1, -0.05) is 0 Å². The Kier molecular flexibility index (Phi) is 2.59. The molecule has 2 rings (SSSR count). The van der Waals surface area contributed by atoms with Crippen LogP contribution in [0.4, 0.5) is 5.69 Å². The van der Waals surface area contributed by atoms with E-state index in [-0.39, 0.29) is 5.60 Å².